The molecule has 1 aliphatic carbocycles. The third-order valence-electron chi connectivity index (χ3n) is 4.37. The quantitative estimate of drug-likeness (QED) is 0.880. The summed E-state index contributed by atoms with van der Waals surface area (Å²) in [5.41, 5.74) is 7.19. The van der Waals surface area contributed by atoms with Crippen LogP contribution in [0.4, 0.5) is 0 Å². The molecule has 4 nitrogen and oxygen atoms in total. The molecule has 1 heterocycles. The van der Waals surface area contributed by atoms with Gasteiger partial charge in [0.1, 0.15) is 5.54 Å². The highest BCUT2D eigenvalue weighted by Crippen LogP contribution is 2.38. The van der Waals surface area contributed by atoms with Crippen molar-refractivity contribution in [2.24, 2.45) is 5.73 Å². The number of aryl methyl sites for hydroxylation is 1. The summed E-state index contributed by atoms with van der Waals surface area (Å²) in [5, 5.41) is 3.40. The minimum absolute atomic E-state index is 0.200. The van der Waals surface area contributed by atoms with Crippen molar-refractivity contribution in [2.75, 3.05) is 13.2 Å². The zero-order chi connectivity index (χ0) is 14.2. The van der Waals surface area contributed by atoms with Crippen molar-refractivity contribution in [3.8, 4) is 0 Å². The van der Waals surface area contributed by atoms with Gasteiger partial charge in [-0.3, -0.25) is 10.1 Å². The molecular weight excluding hydrogens is 320 g/mol. The van der Waals surface area contributed by atoms with Gasteiger partial charge in [0.05, 0.1) is 6.10 Å². The van der Waals surface area contributed by atoms with Gasteiger partial charge in [0.15, 0.2) is 0 Å². The Morgan fingerprint density at radius 3 is 3.10 bits per heavy atom. The first-order valence-corrected chi connectivity index (χ1v) is 7.86. The molecule has 0 saturated carbocycles. The summed E-state index contributed by atoms with van der Waals surface area (Å²) in [4.78, 5) is 12.1. The maximum atomic E-state index is 12.1. The number of benzene rings is 1. The molecule has 20 heavy (non-hydrogen) atoms. The van der Waals surface area contributed by atoms with Crippen LogP contribution in [0.5, 0.6) is 0 Å². The summed E-state index contributed by atoms with van der Waals surface area (Å²) in [6.45, 7) is 1.50. The lowest BCUT2D eigenvalue weighted by Gasteiger charge is -2.29. The predicted molar refractivity (Wildman–Crippen MR) is 80.3 cm³/mol. The first-order chi connectivity index (χ1) is 9.62. The summed E-state index contributed by atoms with van der Waals surface area (Å²) >= 11 is 3.48. The number of nitrogens with one attached hydrogen (secondary N) is 1. The fraction of sp³-hybridized carbons (Fsp3) is 0.533. The van der Waals surface area contributed by atoms with E-state index in [1.807, 2.05) is 12.1 Å². The number of carbonyl (C=O) groups excluding carboxylic acids is 1. The van der Waals surface area contributed by atoms with Crippen LogP contribution in [0.15, 0.2) is 22.7 Å². The highest BCUT2D eigenvalue weighted by Gasteiger charge is 2.44. The van der Waals surface area contributed by atoms with Gasteiger partial charge in [-0.25, -0.2) is 0 Å². The Morgan fingerprint density at radius 2 is 2.40 bits per heavy atom. The Hall–Kier alpha value is -0.910. The molecule has 3 N–H and O–H groups in total. The lowest BCUT2D eigenvalue weighted by Crippen LogP contribution is -2.53. The number of carbonyl (C=O) groups is 1. The molecule has 2 aliphatic rings. The van der Waals surface area contributed by atoms with Crippen LogP contribution in [0.3, 0.4) is 0 Å². The molecule has 0 aromatic heterocycles. The lowest BCUT2D eigenvalue weighted by atomic mass is 9.90. The van der Waals surface area contributed by atoms with Crippen molar-refractivity contribution in [3.05, 3.63) is 33.8 Å². The van der Waals surface area contributed by atoms with E-state index < -0.39 is 5.54 Å². The smallest absolute Gasteiger partial charge is 0.242 e. The van der Waals surface area contributed by atoms with Crippen LogP contribution in [0.2, 0.25) is 0 Å². The number of ether oxygens (including phenoxy) is 1. The van der Waals surface area contributed by atoms with Gasteiger partial charge >= 0.3 is 0 Å². The number of amides is 1. The molecule has 5 heteroatoms. The Kier molecular flexibility index (Phi) is 3.84. The van der Waals surface area contributed by atoms with Crippen molar-refractivity contribution < 1.29 is 9.53 Å². The van der Waals surface area contributed by atoms with Crippen LogP contribution >= 0.6 is 15.9 Å². The molecule has 1 fully saturated rings. The molecule has 1 amide bonds. The number of hydrogen-bond donors (Lipinski definition) is 2. The average molecular weight is 339 g/mol. The van der Waals surface area contributed by atoms with Crippen molar-refractivity contribution in [2.45, 2.75) is 37.3 Å². The van der Waals surface area contributed by atoms with Gasteiger partial charge in [0, 0.05) is 17.6 Å². The van der Waals surface area contributed by atoms with Gasteiger partial charge in [-0.2, -0.15) is 0 Å². The second kappa shape index (κ2) is 5.47. The van der Waals surface area contributed by atoms with Crippen LogP contribution in [0.25, 0.3) is 0 Å². The van der Waals surface area contributed by atoms with Crippen molar-refractivity contribution in [3.63, 3.8) is 0 Å². The number of primary amides is 1. The molecule has 1 aliphatic heterocycles. The topological polar surface area (TPSA) is 64.4 Å². The normalized spacial score (nSPS) is 28.6. The van der Waals surface area contributed by atoms with E-state index in [0.717, 1.165) is 42.3 Å². The van der Waals surface area contributed by atoms with Gasteiger partial charge in [0.25, 0.3) is 0 Å². The standard InChI is InChI=1S/C15H19BrN2O2/c16-11-3-4-13-10(8-11)5-6-15(13,14(17)19)18-9-12-2-1-7-20-12/h3-4,8,12,18H,1-2,5-7,9H2,(H2,17,19). The second-order valence-electron chi connectivity index (χ2n) is 5.59. The highest BCUT2D eigenvalue weighted by molar-refractivity contribution is 9.10. The zero-order valence-corrected chi connectivity index (χ0v) is 12.9. The highest BCUT2D eigenvalue weighted by atomic mass is 79.9. The third-order valence-corrected chi connectivity index (χ3v) is 4.87. The summed E-state index contributed by atoms with van der Waals surface area (Å²) in [6.07, 6.45) is 3.94. The van der Waals surface area contributed by atoms with E-state index in [4.69, 9.17) is 10.5 Å². The molecular formula is C15H19BrN2O2. The average Bonchev–Trinajstić information content (AvgIpc) is 3.03. The van der Waals surface area contributed by atoms with E-state index >= 15 is 0 Å². The number of halogens is 1. The van der Waals surface area contributed by atoms with E-state index in [1.165, 1.54) is 5.56 Å². The van der Waals surface area contributed by atoms with Crippen LogP contribution < -0.4 is 11.1 Å². The molecule has 0 radical (unpaired) electrons. The van der Waals surface area contributed by atoms with Gasteiger partial charge in [-0.1, -0.05) is 22.0 Å². The molecule has 0 spiro atoms. The van der Waals surface area contributed by atoms with Crippen LogP contribution in [-0.2, 0) is 21.5 Å². The van der Waals surface area contributed by atoms with Crippen molar-refractivity contribution >= 4 is 21.8 Å². The van der Waals surface area contributed by atoms with Gasteiger partial charge in [-0.15, -0.1) is 0 Å². The lowest BCUT2D eigenvalue weighted by molar-refractivity contribution is -0.125. The molecule has 2 unspecified atom stereocenters. The monoisotopic (exact) mass is 338 g/mol. The number of fused-ring (bicyclic) bond motifs is 1. The first-order valence-electron chi connectivity index (χ1n) is 7.07. The SMILES string of the molecule is NC(=O)C1(NCC2CCCO2)CCc2cc(Br)ccc21. The van der Waals surface area contributed by atoms with E-state index in [1.54, 1.807) is 0 Å². The Bertz CT molecular complexity index is 529. The molecule has 108 valence electrons. The van der Waals surface area contributed by atoms with Gasteiger partial charge in [-0.05, 0) is 48.9 Å². The van der Waals surface area contributed by atoms with Crippen LogP contribution in [-0.4, -0.2) is 25.2 Å². The summed E-state index contributed by atoms with van der Waals surface area (Å²) in [7, 11) is 0. The number of rotatable bonds is 4. The maximum absolute atomic E-state index is 12.1. The van der Waals surface area contributed by atoms with Gasteiger partial charge < -0.3 is 10.5 Å². The first kappa shape index (κ1) is 14.0. The van der Waals surface area contributed by atoms with Crippen LogP contribution in [0, 0.1) is 0 Å². The van der Waals surface area contributed by atoms with Crippen molar-refractivity contribution in [1.29, 1.82) is 0 Å². The largest absolute Gasteiger partial charge is 0.377 e. The Balaban J connectivity index is 1.85. The second-order valence-corrected chi connectivity index (χ2v) is 6.50. The summed E-state index contributed by atoms with van der Waals surface area (Å²) < 4.78 is 6.66. The maximum Gasteiger partial charge on any atom is 0.242 e. The zero-order valence-electron chi connectivity index (χ0n) is 11.3. The predicted octanol–water partition coefficient (Wildman–Crippen LogP) is 1.84. The molecule has 2 atom stereocenters. The summed E-state index contributed by atoms with van der Waals surface area (Å²) in [5.74, 6) is -0.295. The number of hydrogen-bond acceptors (Lipinski definition) is 3. The fourth-order valence-corrected chi connectivity index (χ4v) is 3.67. The van der Waals surface area contributed by atoms with E-state index in [2.05, 4.69) is 27.3 Å². The Labute approximate surface area is 127 Å². The number of nitrogens with two attached hydrogens (primary N) is 1. The third kappa shape index (κ3) is 2.38. The molecule has 1 aromatic carbocycles. The minimum Gasteiger partial charge on any atom is -0.377 e. The van der Waals surface area contributed by atoms with Crippen LogP contribution in [0.1, 0.15) is 30.4 Å². The molecule has 3 rings (SSSR count). The van der Waals surface area contributed by atoms with Crippen molar-refractivity contribution in [1.82, 2.24) is 5.32 Å². The Morgan fingerprint density at radius 1 is 1.55 bits per heavy atom. The van der Waals surface area contributed by atoms with Gasteiger partial charge in [0.2, 0.25) is 5.91 Å². The molecule has 0 bridgehead atoms. The molecule has 1 saturated heterocycles. The van der Waals surface area contributed by atoms with E-state index in [0.29, 0.717) is 6.54 Å². The van der Waals surface area contributed by atoms with E-state index in [-0.39, 0.29) is 12.0 Å². The summed E-state index contributed by atoms with van der Waals surface area (Å²) in [6, 6.07) is 6.04. The van der Waals surface area contributed by atoms with E-state index in [9.17, 15) is 4.79 Å². The minimum atomic E-state index is -0.734. The fourth-order valence-electron chi connectivity index (χ4n) is 3.26. The molecule has 1 aromatic rings.